The number of rotatable bonds is 8. The predicted molar refractivity (Wildman–Crippen MR) is 153 cm³/mol. The summed E-state index contributed by atoms with van der Waals surface area (Å²) in [6.07, 6.45) is 4.27. The molecule has 3 aromatic carbocycles. The molecule has 2 heterocycles. The summed E-state index contributed by atoms with van der Waals surface area (Å²) >= 11 is 0. The van der Waals surface area contributed by atoms with E-state index in [1.54, 1.807) is 49.8 Å². The standard InChI is InChI=1S/C32H25FN4O4/c1-40-29-19-27-25(18-24(29)26-4-2-3-16-34-26)28(13-17-35-27)41-23-11-9-22(10-12-23)37-31(39)32(14-15-32)30(38)36-21-7-5-20(33)6-8-21/h2-13,16-19H,14-15H2,1H3,(H,36,38)(H,37,39). The molecule has 5 aromatic rings. The Hall–Kier alpha value is -5.31. The van der Waals surface area contributed by atoms with E-state index < -0.39 is 17.1 Å². The van der Waals surface area contributed by atoms with E-state index in [-0.39, 0.29) is 5.91 Å². The molecule has 0 aliphatic heterocycles. The average molecular weight is 549 g/mol. The first-order valence-electron chi connectivity index (χ1n) is 13.0. The number of carbonyl (C=O) groups excluding carboxylic acids is 2. The highest BCUT2D eigenvalue weighted by Gasteiger charge is 2.56. The Balaban J connectivity index is 1.17. The molecule has 0 spiro atoms. The molecule has 0 saturated heterocycles. The van der Waals surface area contributed by atoms with Gasteiger partial charge in [-0.15, -0.1) is 0 Å². The molecule has 8 nitrogen and oxygen atoms in total. The van der Waals surface area contributed by atoms with Gasteiger partial charge in [-0.3, -0.25) is 19.6 Å². The van der Waals surface area contributed by atoms with Gasteiger partial charge >= 0.3 is 0 Å². The van der Waals surface area contributed by atoms with Gasteiger partial charge in [0.1, 0.15) is 28.5 Å². The molecule has 0 atom stereocenters. The number of amides is 2. The largest absolute Gasteiger partial charge is 0.496 e. The van der Waals surface area contributed by atoms with Gasteiger partial charge in [0.2, 0.25) is 11.8 Å². The zero-order valence-electron chi connectivity index (χ0n) is 22.1. The van der Waals surface area contributed by atoms with Gasteiger partial charge in [0, 0.05) is 40.8 Å². The van der Waals surface area contributed by atoms with Crippen molar-refractivity contribution in [1.29, 1.82) is 0 Å². The molecule has 1 saturated carbocycles. The fourth-order valence-electron chi connectivity index (χ4n) is 4.58. The highest BCUT2D eigenvalue weighted by Crippen LogP contribution is 2.47. The van der Waals surface area contributed by atoms with E-state index >= 15 is 0 Å². The van der Waals surface area contributed by atoms with E-state index in [9.17, 15) is 14.0 Å². The fraction of sp³-hybridized carbons (Fsp3) is 0.125. The topological polar surface area (TPSA) is 102 Å². The number of aromatic nitrogens is 2. The number of anilines is 2. The molecule has 41 heavy (non-hydrogen) atoms. The Morgan fingerprint density at radius 2 is 1.49 bits per heavy atom. The minimum atomic E-state index is -1.15. The fourth-order valence-corrected chi connectivity index (χ4v) is 4.58. The van der Waals surface area contributed by atoms with Crippen molar-refractivity contribution in [3.8, 4) is 28.5 Å². The summed E-state index contributed by atoms with van der Waals surface area (Å²) in [4.78, 5) is 34.8. The number of halogens is 1. The van der Waals surface area contributed by atoms with Crippen LogP contribution >= 0.6 is 0 Å². The summed E-state index contributed by atoms with van der Waals surface area (Å²) in [5, 5.41) is 6.33. The predicted octanol–water partition coefficient (Wildman–Crippen LogP) is 6.59. The third-order valence-corrected chi connectivity index (χ3v) is 7.03. The lowest BCUT2D eigenvalue weighted by atomic mass is 10.0. The normalized spacial score (nSPS) is 13.3. The zero-order valence-corrected chi connectivity index (χ0v) is 22.1. The number of nitrogens with one attached hydrogen (secondary N) is 2. The van der Waals surface area contributed by atoms with Gasteiger partial charge in [0.25, 0.3) is 0 Å². The summed E-state index contributed by atoms with van der Waals surface area (Å²) in [6, 6.07) is 23.6. The molecule has 0 unspecified atom stereocenters. The van der Waals surface area contributed by atoms with Gasteiger partial charge in [-0.25, -0.2) is 4.39 Å². The van der Waals surface area contributed by atoms with Crippen molar-refractivity contribution < 1.29 is 23.5 Å². The van der Waals surface area contributed by atoms with Crippen LogP contribution in [0.4, 0.5) is 15.8 Å². The number of ether oxygens (including phenoxy) is 2. The number of hydrogen-bond acceptors (Lipinski definition) is 6. The van der Waals surface area contributed by atoms with Crippen molar-refractivity contribution in [2.75, 3.05) is 17.7 Å². The van der Waals surface area contributed by atoms with Crippen LogP contribution in [0.5, 0.6) is 17.2 Å². The minimum absolute atomic E-state index is 0.387. The molecule has 2 amide bonds. The first-order chi connectivity index (χ1) is 19.9. The summed E-state index contributed by atoms with van der Waals surface area (Å²) in [5.74, 6) is 0.609. The average Bonchev–Trinajstić information content (AvgIpc) is 3.82. The Morgan fingerprint density at radius 1 is 0.805 bits per heavy atom. The summed E-state index contributed by atoms with van der Waals surface area (Å²) in [7, 11) is 1.61. The zero-order chi connectivity index (χ0) is 28.4. The quantitative estimate of drug-likeness (QED) is 0.212. The van der Waals surface area contributed by atoms with Crippen LogP contribution in [0.2, 0.25) is 0 Å². The van der Waals surface area contributed by atoms with Crippen molar-refractivity contribution in [2.24, 2.45) is 5.41 Å². The molecule has 204 valence electrons. The van der Waals surface area contributed by atoms with Crippen LogP contribution in [0, 0.1) is 11.2 Å². The smallest absolute Gasteiger partial charge is 0.240 e. The molecule has 2 aromatic heterocycles. The van der Waals surface area contributed by atoms with Crippen LogP contribution < -0.4 is 20.1 Å². The molecule has 0 bridgehead atoms. The summed E-state index contributed by atoms with van der Waals surface area (Å²) in [5.41, 5.74) is 2.11. The van der Waals surface area contributed by atoms with Gasteiger partial charge in [-0.2, -0.15) is 0 Å². The van der Waals surface area contributed by atoms with E-state index in [0.29, 0.717) is 47.0 Å². The van der Waals surface area contributed by atoms with Gasteiger partial charge in [0.15, 0.2) is 0 Å². The Kier molecular flexibility index (Phi) is 6.76. The van der Waals surface area contributed by atoms with Gasteiger partial charge in [-0.05, 0) is 85.6 Å². The monoisotopic (exact) mass is 548 g/mol. The summed E-state index contributed by atoms with van der Waals surface area (Å²) in [6.45, 7) is 0. The Labute approximate surface area is 235 Å². The van der Waals surface area contributed by atoms with E-state index in [2.05, 4.69) is 20.6 Å². The maximum absolute atomic E-state index is 13.2. The molecule has 1 aliphatic carbocycles. The molecule has 9 heteroatoms. The molecule has 1 fully saturated rings. The number of nitrogens with zero attached hydrogens (tertiary/aromatic N) is 2. The highest BCUT2D eigenvalue weighted by molar-refractivity contribution is 6.16. The van der Waals surface area contributed by atoms with E-state index in [0.717, 1.165) is 16.6 Å². The first-order valence-corrected chi connectivity index (χ1v) is 13.0. The van der Waals surface area contributed by atoms with Crippen LogP contribution in [0.25, 0.3) is 22.2 Å². The van der Waals surface area contributed by atoms with Crippen LogP contribution in [0.15, 0.2) is 97.3 Å². The lowest BCUT2D eigenvalue weighted by molar-refractivity contribution is -0.131. The molecule has 1 aliphatic rings. The maximum atomic E-state index is 13.2. The number of fused-ring (bicyclic) bond motifs is 1. The lowest BCUT2D eigenvalue weighted by Gasteiger charge is -2.16. The van der Waals surface area contributed by atoms with Crippen molar-refractivity contribution in [3.63, 3.8) is 0 Å². The van der Waals surface area contributed by atoms with Crippen LogP contribution in [-0.4, -0.2) is 28.9 Å². The number of methoxy groups -OCH3 is 1. The third kappa shape index (κ3) is 5.29. The first kappa shape index (κ1) is 25.9. The highest BCUT2D eigenvalue weighted by atomic mass is 19.1. The van der Waals surface area contributed by atoms with E-state index in [1.165, 1.54) is 24.3 Å². The number of hydrogen-bond donors (Lipinski definition) is 2. The molecule has 6 rings (SSSR count). The Morgan fingerprint density at radius 3 is 2.10 bits per heavy atom. The van der Waals surface area contributed by atoms with Crippen LogP contribution in [0.3, 0.4) is 0 Å². The number of carbonyl (C=O) groups is 2. The molecular formula is C32H25FN4O4. The molecule has 2 N–H and O–H groups in total. The molecule has 0 radical (unpaired) electrons. The lowest BCUT2D eigenvalue weighted by Crippen LogP contribution is -2.35. The van der Waals surface area contributed by atoms with E-state index in [1.807, 2.05) is 30.3 Å². The van der Waals surface area contributed by atoms with Gasteiger partial charge in [0.05, 0.1) is 18.3 Å². The second kappa shape index (κ2) is 10.7. The van der Waals surface area contributed by atoms with Crippen LogP contribution in [0.1, 0.15) is 12.8 Å². The second-order valence-electron chi connectivity index (χ2n) is 9.72. The van der Waals surface area contributed by atoms with Gasteiger partial charge < -0.3 is 20.1 Å². The maximum Gasteiger partial charge on any atom is 0.240 e. The van der Waals surface area contributed by atoms with Crippen molar-refractivity contribution in [2.45, 2.75) is 12.8 Å². The van der Waals surface area contributed by atoms with Crippen molar-refractivity contribution in [1.82, 2.24) is 9.97 Å². The SMILES string of the molecule is COc1cc2nccc(Oc3ccc(NC(=O)C4(C(=O)Nc5ccc(F)cc5)CC4)cc3)c2cc1-c1ccccn1. The van der Waals surface area contributed by atoms with E-state index in [4.69, 9.17) is 9.47 Å². The van der Waals surface area contributed by atoms with Crippen LogP contribution in [-0.2, 0) is 9.59 Å². The molecular weight excluding hydrogens is 523 g/mol. The number of pyridine rings is 2. The summed E-state index contributed by atoms with van der Waals surface area (Å²) < 4.78 is 25.0. The Bertz CT molecular complexity index is 1740. The van der Waals surface area contributed by atoms with Gasteiger partial charge in [-0.1, -0.05) is 6.07 Å². The number of benzene rings is 3. The van der Waals surface area contributed by atoms with Crippen molar-refractivity contribution >= 4 is 34.1 Å². The van der Waals surface area contributed by atoms with Crippen molar-refractivity contribution in [3.05, 3.63) is 103 Å². The second-order valence-corrected chi connectivity index (χ2v) is 9.72. The third-order valence-electron chi connectivity index (χ3n) is 7.03. The minimum Gasteiger partial charge on any atom is -0.496 e.